The van der Waals surface area contributed by atoms with Crippen LogP contribution in [0.2, 0.25) is 0 Å². The molecule has 0 spiro atoms. The molecule has 2 aromatic carbocycles. The number of nitrogens with zero attached hydrogens (tertiary/aromatic N) is 3. The highest BCUT2D eigenvalue weighted by Crippen LogP contribution is 2.26. The third kappa shape index (κ3) is 3.11. The molecule has 4 heteroatoms. The van der Waals surface area contributed by atoms with E-state index in [1.54, 1.807) is 0 Å². The maximum absolute atomic E-state index is 4.68. The molecule has 4 rings (SSSR count). The summed E-state index contributed by atoms with van der Waals surface area (Å²) < 4.78 is 2.04. The van der Waals surface area contributed by atoms with E-state index in [-0.39, 0.29) is 6.04 Å². The fraction of sp³-hybridized carbons (Fsp3) is 0.182. The van der Waals surface area contributed by atoms with Crippen LogP contribution < -0.4 is 5.32 Å². The average Bonchev–Trinajstić information content (AvgIpc) is 3.08. The summed E-state index contributed by atoms with van der Waals surface area (Å²) in [5.41, 5.74) is 4.72. The standard InChI is InChI=1S/C22H22N4/c1-16(24-14-18-10-12-23-13-11-18)21-15-25-26(17(21)2)22-9-5-7-19-6-3-4-8-20(19)22/h3-13,15-16,24H,14H2,1-2H3/t16-/m0/s1. The van der Waals surface area contributed by atoms with Crippen LogP contribution in [0.1, 0.15) is 29.8 Å². The van der Waals surface area contributed by atoms with Crippen molar-refractivity contribution in [3.8, 4) is 5.69 Å². The van der Waals surface area contributed by atoms with Gasteiger partial charge in [0.25, 0.3) is 0 Å². The van der Waals surface area contributed by atoms with Gasteiger partial charge in [-0.3, -0.25) is 4.98 Å². The maximum Gasteiger partial charge on any atom is 0.0727 e. The highest BCUT2D eigenvalue weighted by atomic mass is 15.3. The van der Waals surface area contributed by atoms with Crippen LogP contribution in [0.15, 0.2) is 73.2 Å². The van der Waals surface area contributed by atoms with Gasteiger partial charge in [-0.15, -0.1) is 0 Å². The van der Waals surface area contributed by atoms with Gasteiger partial charge in [0.05, 0.1) is 11.9 Å². The van der Waals surface area contributed by atoms with Gasteiger partial charge >= 0.3 is 0 Å². The molecule has 26 heavy (non-hydrogen) atoms. The van der Waals surface area contributed by atoms with E-state index in [0.717, 1.165) is 17.9 Å². The van der Waals surface area contributed by atoms with Crippen LogP contribution in [0, 0.1) is 6.92 Å². The minimum Gasteiger partial charge on any atom is -0.306 e. The largest absolute Gasteiger partial charge is 0.306 e. The monoisotopic (exact) mass is 342 g/mol. The summed E-state index contributed by atoms with van der Waals surface area (Å²) in [6, 6.07) is 19.1. The Morgan fingerprint density at radius 3 is 2.62 bits per heavy atom. The van der Waals surface area contributed by atoms with Gasteiger partial charge in [0.15, 0.2) is 0 Å². The molecule has 4 aromatic rings. The maximum atomic E-state index is 4.68. The molecule has 0 fully saturated rings. The SMILES string of the molecule is Cc1c([C@H](C)NCc2ccncc2)cnn1-c1cccc2ccccc12. The molecule has 1 atom stereocenters. The molecular formula is C22H22N4. The fourth-order valence-electron chi connectivity index (χ4n) is 3.36. The Kier molecular flexibility index (Phi) is 4.50. The van der Waals surface area contributed by atoms with E-state index < -0.39 is 0 Å². The van der Waals surface area contributed by atoms with Crippen LogP contribution in [0.4, 0.5) is 0 Å². The first kappa shape index (κ1) is 16.5. The topological polar surface area (TPSA) is 42.7 Å². The van der Waals surface area contributed by atoms with Gasteiger partial charge in [-0.25, -0.2) is 4.68 Å². The number of hydrogen-bond donors (Lipinski definition) is 1. The summed E-state index contributed by atoms with van der Waals surface area (Å²) in [7, 11) is 0. The molecule has 0 amide bonds. The highest BCUT2D eigenvalue weighted by Gasteiger charge is 2.15. The molecule has 4 nitrogen and oxygen atoms in total. The Hall–Kier alpha value is -2.98. The zero-order valence-corrected chi connectivity index (χ0v) is 15.1. The Balaban J connectivity index is 1.61. The molecule has 1 N–H and O–H groups in total. The second-order valence-corrected chi connectivity index (χ2v) is 6.55. The molecule has 130 valence electrons. The van der Waals surface area contributed by atoms with Gasteiger partial charge in [0.1, 0.15) is 0 Å². The van der Waals surface area contributed by atoms with Crippen molar-refractivity contribution in [1.82, 2.24) is 20.1 Å². The predicted molar refractivity (Wildman–Crippen MR) is 105 cm³/mol. The number of aromatic nitrogens is 3. The Labute approximate surface area is 153 Å². The number of pyridine rings is 1. The van der Waals surface area contributed by atoms with Crippen LogP contribution in [0.5, 0.6) is 0 Å². The molecule has 0 aliphatic carbocycles. The number of nitrogens with one attached hydrogen (secondary N) is 1. The Morgan fingerprint density at radius 2 is 1.77 bits per heavy atom. The van der Waals surface area contributed by atoms with E-state index in [0.29, 0.717) is 0 Å². The molecule has 0 aliphatic heterocycles. The number of benzene rings is 2. The van der Waals surface area contributed by atoms with E-state index in [4.69, 9.17) is 0 Å². The molecule has 2 heterocycles. The number of hydrogen-bond acceptors (Lipinski definition) is 3. The van der Waals surface area contributed by atoms with Crippen molar-refractivity contribution in [3.63, 3.8) is 0 Å². The van der Waals surface area contributed by atoms with Gasteiger partial charge in [-0.2, -0.15) is 5.10 Å². The van der Waals surface area contributed by atoms with Crippen LogP contribution in [0.3, 0.4) is 0 Å². The zero-order chi connectivity index (χ0) is 17.9. The van der Waals surface area contributed by atoms with E-state index in [9.17, 15) is 0 Å². The van der Waals surface area contributed by atoms with Crippen LogP contribution in [-0.4, -0.2) is 14.8 Å². The van der Waals surface area contributed by atoms with Crippen molar-refractivity contribution < 1.29 is 0 Å². The predicted octanol–water partition coefficient (Wildman–Crippen LogP) is 4.58. The lowest BCUT2D eigenvalue weighted by atomic mass is 10.1. The molecule has 0 aliphatic rings. The van der Waals surface area contributed by atoms with Crippen LogP contribution in [0.25, 0.3) is 16.5 Å². The summed E-state index contributed by atoms with van der Waals surface area (Å²) in [6.45, 7) is 5.12. The third-order valence-corrected chi connectivity index (χ3v) is 4.87. The first-order valence-corrected chi connectivity index (χ1v) is 8.89. The molecular weight excluding hydrogens is 320 g/mol. The first-order valence-electron chi connectivity index (χ1n) is 8.89. The van der Waals surface area contributed by atoms with Gasteiger partial charge in [0.2, 0.25) is 0 Å². The molecule has 0 bridgehead atoms. The van der Waals surface area contributed by atoms with Crippen molar-refractivity contribution in [1.29, 1.82) is 0 Å². The Bertz CT molecular complexity index is 1020. The summed E-state index contributed by atoms with van der Waals surface area (Å²) in [6.07, 6.45) is 5.62. The van der Waals surface area contributed by atoms with Gasteiger partial charge < -0.3 is 5.32 Å². The smallest absolute Gasteiger partial charge is 0.0727 e. The summed E-state index contributed by atoms with van der Waals surface area (Å²) in [4.78, 5) is 4.07. The highest BCUT2D eigenvalue weighted by molar-refractivity contribution is 5.90. The van der Waals surface area contributed by atoms with E-state index in [2.05, 4.69) is 71.7 Å². The van der Waals surface area contributed by atoms with Crippen molar-refractivity contribution in [2.75, 3.05) is 0 Å². The number of fused-ring (bicyclic) bond motifs is 1. The first-order chi connectivity index (χ1) is 12.7. The lowest BCUT2D eigenvalue weighted by Crippen LogP contribution is -2.18. The van der Waals surface area contributed by atoms with E-state index in [1.807, 2.05) is 35.4 Å². The third-order valence-electron chi connectivity index (χ3n) is 4.87. The second kappa shape index (κ2) is 7.10. The Morgan fingerprint density at radius 1 is 1.00 bits per heavy atom. The minimum absolute atomic E-state index is 0.215. The van der Waals surface area contributed by atoms with Crippen molar-refractivity contribution in [2.45, 2.75) is 26.4 Å². The summed E-state index contributed by atoms with van der Waals surface area (Å²) in [5, 5.41) is 10.7. The molecule has 0 unspecified atom stereocenters. The van der Waals surface area contributed by atoms with Crippen LogP contribution in [-0.2, 0) is 6.54 Å². The lowest BCUT2D eigenvalue weighted by molar-refractivity contribution is 0.571. The van der Waals surface area contributed by atoms with Crippen LogP contribution >= 0.6 is 0 Å². The summed E-state index contributed by atoms with van der Waals surface area (Å²) >= 11 is 0. The molecule has 0 saturated heterocycles. The fourth-order valence-corrected chi connectivity index (χ4v) is 3.36. The average molecular weight is 342 g/mol. The zero-order valence-electron chi connectivity index (χ0n) is 15.1. The quantitative estimate of drug-likeness (QED) is 0.577. The van der Waals surface area contributed by atoms with Crippen molar-refractivity contribution in [2.24, 2.45) is 0 Å². The van der Waals surface area contributed by atoms with E-state index in [1.165, 1.54) is 21.9 Å². The van der Waals surface area contributed by atoms with Crippen molar-refractivity contribution in [3.05, 3.63) is 90.0 Å². The molecule has 0 saturated carbocycles. The van der Waals surface area contributed by atoms with Crippen molar-refractivity contribution >= 4 is 10.8 Å². The van der Waals surface area contributed by atoms with E-state index >= 15 is 0 Å². The van der Waals surface area contributed by atoms with Gasteiger partial charge in [-0.1, -0.05) is 36.4 Å². The molecule has 0 radical (unpaired) electrons. The minimum atomic E-state index is 0.215. The summed E-state index contributed by atoms with van der Waals surface area (Å²) in [5.74, 6) is 0. The lowest BCUT2D eigenvalue weighted by Gasteiger charge is -2.14. The van der Waals surface area contributed by atoms with Gasteiger partial charge in [0, 0.05) is 41.6 Å². The van der Waals surface area contributed by atoms with Gasteiger partial charge in [-0.05, 0) is 43.0 Å². The number of rotatable bonds is 5. The normalized spacial score (nSPS) is 12.4. The molecule has 2 aromatic heterocycles. The second-order valence-electron chi connectivity index (χ2n) is 6.55.